The van der Waals surface area contributed by atoms with E-state index in [1.165, 1.54) is 19.2 Å². The van der Waals surface area contributed by atoms with Crippen LogP contribution in [0.15, 0.2) is 58.3 Å². The topological polar surface area (TPSA) is 55.8 Å². The van der Waals surface area contributed by atoms with E-state index in [1.807, 2.05) is 18.2 Å². The molecule has 0 bridgehead atoms. The van der Waals surface area contributed by atoms with Gasteiger partial charge in [0.25, 0.3) is 0 Å². The normalized spacial score (nSPS) is 12.1. The predicted octanol–water partition coefficient (Wildman–Crippen LogP) is 2.54. The van der Waals surface area contributed by atoms with Crippen LogP contribution < -0.4 is 4.74 Å². The Morgan fingerprint density at radius 3 is 2.58 bits per heavy atom. The zero-order valence-electron chi connectivity index (χ0n) is 10.4. The lowest BCUT2D eigenvalue weighted by molar-refractivity contribution is 0.0489. The first kappa shape index (κ1) is 13.6. The molecule has 0 saturated carbocycles. The van der Waals surface area contributed by atoms with Crippen molar-refractivity contribution in [3.63, 3.8) is 0 Å². The van der Waals surface area contributed by atoms with E-state index >= 15 is 0 Å². The van der Waals surface area contributed by atoms with Crippen LogP contribution >= 0.6 is 0 Å². The van der Waals surface area contributed by atoms with Gasteiger partial charge in [-0.1, -0.05) is 18.2 Å². The standard InChI is InChI=1S/C14H14O4S/c1-17-10-18-13-9-11(15)7-8-14(13)19(16)12-5-3-2-4-6-12/h2-9,15H,10H2,1H3. The maximum absolute atomic E-state index is 12.5. The maximum atomic E-state index is 12.5. The second-order valence-corrected chi connectivity index (χ2v) is 5.21. The third-order valence-electron chi connectivity index (χ3n) is 2.42. The second kappa shape index (κ2) is 6.36. The molecule has 2 aromatic carbocycles. The minimum atomic E-state index is -1.36. The average Bonchev–Trinajstić information content (AvgIpc) is 2.45. The van der Waals surface area contributed by atoms with Gasteiger partial charge in [-0.25, -0.2) is 4.21 Å². The molecule has 0 aliphatic carbocycles. The summed E-state index contributed by atoms with van der Waals surface area (Å²) in [5.74, 6) is 0.406. The molecule has 0 aliphatic heterocycles. The van der Waals surface area contributed by atoms with E-state index in [2.05, 4.69) is 0 Å². The van der Waals surface area contributed by atoms with Crippen molar-refractivity contribution in [1.82, 2.24) is 0 Å². The molecule has 0 aromatic heterocycles. The van der Waals surface area contributed by atoms with Crippen LogP contribution in [0, 0.1) is 0 Å². The number of hydrogen-bond donors (Lipinski definition) is 1. The first-order valence-electron chi connectivity index (χ1n) is 5.64. The van der Waals surface area contributed by atoms with Gasteiger partial charge in [-0.2, -0.15) is 0 Å². The number of ether oxygens (including phenoxy) is 2. The van der Waals surface area contributed by atoms with Crippen molar-refractivity contribution in [1.29, 1.82) is 0 Å². The largest absolute Gasteiger partial charge is 0.508 e. The van der Waals surface area contributed by atoms with Crippen LogP contribution in [-0.2, 0) is 15.5 Å². The molecular weight excluding hydrogens is 264 g/mol. The summed E-state index contributed by atoms with van der Waals surface area (Å²) in [6, 6.07) is 13.6. The molecule has 4 nitrogen and oxygen atoms in total. The number of hydrogen-bond acceptors (Lipinski definition) is 4. The monoisotopic (exact) mass is 278 g/mol. The van der Waals surface area contributed by atoms with Crippen LogP contribution in [0.3, 0.4) is 0 Å². The summed E-state index contributed by atoms with van der Waals surface area (Å²) in [7, 11) is 0.135. The van der Waals surface area contributed by atoms with E-state index in [4.69, 9.17) is 9.47 Å². The van der Waals surface area contributed by atoms with Crippen LogP contribution in [0.2, 0.25) is 0 Å². The highest BCUT2D eigenvalue weighted by Crippen LogP contribution is 2.29. The molecule has 0 fully saturated rings. The quantitative estimate of drug-likeness (QED) is 0.854. The summed E-state index contributed by atoms with van der Waals surface area (Å²) in [5, 5.41) is 9.47. The fourth-order valence-electron chi connectivity index (χ4n) is 1.56. The van der Waals surface area contributed by atoms with Crippen LogP contribution in [0.5, 0.6) is 11.5 Å². The lowest BCUT2D eigenvalue weighted by Crippen LogP contribution is -2.03. The van der Waals surface area contributed by atoms with Crippen LogP contribution in [0.25, 0.3) is 0 Å². The Labute approximate surface area is 114 Å². The van der Waals surface area contributed by atoms with Gasteiger partial charge < -0.3 is 14.6 Å². The van der Waals surface area contributed by atoms with E-state index < -0.39 is 10.8 Å². The summed E-state index contributed by atoms with van der Waals surface area (Å²) in [4.78, 5) is 1.18. The van der Waals surface area contributed by atoms with Gasteiger partial charge >= 0.3 is 0 Å². The molecule has 2 rings (SSSR count). The zero-order valence-corrected chi connectivity index (χ0v) is 11.2. The van der Waals surface area contributed by atoms with Gasteiger partial charge in [-0.15, -0.1) is 0 Å². The number of phenols is 1. The molecule has 0 aliphatic rings. The molecule has 0 radical (unpaired) electrons. The Morgan fingerprint density at radius 1 is 1.16 bits per heavy atom. The summed E-state index contributed by atoms with van der Waals surface area (Å²) >= 11 is 0. The molecule has 1 atom stereocenters. The van der Waals surface area contributed by atoms with Crippen molar-refractivity contribution in [3.05, 3.63) is 48.5 Å². The molecular formula is C14H14O4S. The summed E-state index contributed by atoms with van der Waals surface area (Å²) < 4.78 is 22.6. The van der Waals surface area contributed by atoms with Gasteiger partial charge in [0.05, 0.1) is 15.7 Å². The molecule has 1 unspecified atom stereocenters. The molecule has 0 saturated heterocycles. The fourth-order valence-corrected chi connectivity index (χ4v) is 2.71. The van der Waals surface area contributed by atoms with Gasteiger partial charge in [0, 0.05) is 18.1 Å². The molecule has 2 aromatic rings. The average molecular weight is 278 g/mol. The molecule has 0 amide bonds. The Kier molecular flexibility index (Phi) is 4.54. The van der Waals surface area contributed by atoms with Crippen molar-refractivity contribution in [2.75, 3.05) is 13.9 Å². The van der Waals surface area contributed by atoms with Gasteiger partial charge in [-0.05, 0) is 24.3 Å². The second-order valence-electron chi connectivity index (χ2n) is 3.76. The summed E-state index contributed by atoms with van der Waals surface area (Å²) in [6.45, 7) is 0.0302. The predicted molar refractivity (Wildman–Crippen MR) is 71.7 cm³/mol. The van der Waals surface area contributed by atoms with E-state index in [9.17, 15) is 9.32 Å². The first-order valence-corrected chi connectivity index (χ1v) is 6.79. The van der Waals surface area contributed by atoms with E-state index in [1.54, 1.807) is 18.2 Å². The maximum Gasteiger partial charge on any atom is 0.188 e. The Morgan fingerprint density at radius 2 is 1.89 bits per heavy atom. The van der Waals surface area contributed by atoms with Gasteiger partial charge in [0.2, 0.25) is 0 Å². The van der Waals surface area contributed by atoms with Crippen molar-refractivity contribution >= 4 is 10.8 Å². The SMILES string of the molecule is COCOc1cc(O)ccc1S(=O)c1ccccc1. The highest BCUT2D eigenvalue weighted by atomic mass is 32.2. The number of phenolic OH excluding ortho intramolecular Hbond substituents is 1. The number of methoxy groups -OCH3 is 1. The molecule has 5 heteroatoms. The third kappa shape index (κ3) is 3.33. The Balaban J connectivity index is 2.36. The Bertz CT molecular complexity index is 569. The summed E-state index contributed by atoms with van der Waals surface area (Å²) in [5.41, 5.74) is 0. The van der Waals surface area contributed by atoms with Crippen LogP contribution in [-0.4, -0.2) is 23.2 Å². The fraction of sp³-hybridized carbons (Fsp3) is 0.143. The van der Waals surface area contributed by atoms with Gasteiger partial charge in [-0.3, -0.25) is 0 Å². The number of aromatic hydroxyl groups is 1. The van der Waals surface area contributed by atoms with Gasteiger partial charge in [0.1, 0.15) is 11.5 Å². The van der Waals surface area contributed by atoms with Crippen molar-refractivity contribution in [2.24, 2.45) is 0 Å². The van der Waals surface area contributed by atoms with E-state index in [0.717, 1.165) is 0 Å². The molecule has 100 valence electrons. The zero-order chi connectivity index (χ0) is 13.7. The highest BCUT2D eigenvalue weighted by molar-refractivity contribution is 7.85. The van der Waals surface area contributed by atoms with Crippen molar-refractivity contribution in [2.45, 2.75) is 9.79 Å². The van der Waals surface area contributed by atoms with Gasteiger partial charge in [0.15, 0.2) is 6.79 Å². The van der Waals surface area contributed by atoms with E-state index in [-0.39, 0.29) is 12.5 Å². The minimum Gasteiger partial charge on any atom is -0.508 e. The Hall–Kier alpha value is -1.85. The number of rotatable bonds is 5. The highest BCUT2D eigenvalue weighted by Gasteiger charge is 2.13. The number of benzene rings is 2. The lowest BCUT2D eigenvalue weighted by Gasteiger charge is -2.11. The molecule has 1 N–H and O–H groups in total. The first-order chi connectivity index (χ1) is 9.22. The van der Waals surface area contributed by atoms with Crippen molar-refractivity contribution in [3.8, 4) is 11.5 Å². The minimum absolute atomic E-state index is 0.0302. The molecule has 0 spiro atoms. The van der Waals surface area contributed by atoms with E-state index in [0.29, 0.717) is 15.5 Å². The molecule has 0 heterocycles. The molecule has 19 heavy (non-hydrogen) atoms. The van der Waals surface area contributed by atoms with Crippen LogP contribution in [0.1, 0.15) is 0 Å². The lowest BCUT2D eigenvalue weighted by atomic mass is 10.3. The van der Waals surface area contributed by atoms with Crippen LogP contribution in [0.4, 0.5) is 0 Å². The van der Waals surface area contributed by atoms with Crippen molar-refractivity contribution < 1.29 is 18.8 Å². The third-order valence-corrected chi connectivity index (χ3v) is 3.85. The smallest absolute Gasteiger partial charge is 0.188 e. The summed E-state index contributed by atoms with van der Waals surface area (Å²) in [6.07, 6.45) is 0.